The second-order valence-electron chi connectivity index (χ2n) is 7.70. The number of carbonyl (C=O) groups is 3. The monoisotopic (exact) mass is 396 g/mol. The molecule has 1 aliphatic carbocycles. The lowest BCUT2D eigenvalue weighted by atomic mass is 9.87. The predicted molar refractivity (Wildman–Crippen MR) is 111 cm³/mol. The van der Waals surface area contributed by atoms with Crippen molar-refractivity contribution in [3.05, 3.63) is 48.0 Å². The van der Waals surface area contributed by atoms with E-state index in [1.807, 2.05) is 42.5 Å². The Kier molecular flexibility index (Phi) is 7.22. The van der Waals surface area contributed by atoms with Crippen molar-refractivity contribution in [3.63, 3.8) is 0 Å². The van der Waals surface area contributed by atoms with Gasteiger partial charge in [-0.25, -0.2) is 0 Å². The third-order valence-electron chi connectivity index (χ3n) is 5.61. The first kappa shape index (κ1) is 20.8. The smallest absolute Gasteiger partial charge is 0.308 e. The van der Waals surface area contributed by atoms with Gasteiger partial charge in [0.05, 0.1) is 18.9 Å². The molecule has 1 saturated carbocycles. The van der Waals surface area contributed by atoms with Crippen molar-refractivity contribution in [2.45, 2.75) is 51.0 Å². The van der Waals surface area contributed by atoms with E-state index >= 15 is 0 Å². The van der Waals surface area contributed by atoms with Gasteiger partial charge in [-0.3, -0.25) is 14.4 Å². The number of hydrogen-bond acceptors (Lipinski definition) is 3. The standard InChI is InChI=1S/C23H28N2O4/c26-21(14-17-10-7-9-16-8-5-6-11-18(16)17)24-15-22(27)25-20-13-4-2-1-3-12-19(20)23(28)29/h5-11,19-20H,1-4,12-15H2,(H,24,26)(H,25,27)(H,28,29). The first-order chi connectivity index (χ1) is 14.0. The first-order valence-corrected chi connectivity index (χ1v) is 10.3. The van der Waals surface area contributed by atoms with E-state index in [2.05, 4.69) is 10.6 Å². The number of rotatable bonds is 6. The zero-order chi connectivity index (χ0) is 20.6. The Balaban J connectivity index is 1.54. The third kappa shape index (κ3) is 5.79. The molecule has 0 saturated heterocycles. The summed E-state index contributed by atoms with van der Waals surface area (Å²) in [5, 5.41) is 17.1. The minimum Gasteiger partial charge on any atom is -0.481 e. The number of fused-ring (bicyclic) bond motifs is 1. The minimum atomic E-state index is -0.864. The summed E-state index contributed by atoms with van der Waals surface area (Å²) in [6.07, 6.45) is 5.29. The Bertz CT molecular complexity index is 875. The molecule has 2 unspecified atom stereocenters. The van der Waals surface area contributed by atoms with Gasteiger partial charge in [-0.05, 0) is 29.2 Å². The van der Waals surface area contributed by atoms with Crippen LogP contribution in [-0.4, -0.2) is 35.5 Å². The molecule has 2 aromatic rings. The van der Waals surface area contributed by atoms with Gasteiger partial charge in [0.2, 0.25) is 11.8 Å². The van der Waals surface area contributed by atoms with Gasteiger partial charge >= 0.3 is 5.97 Å². The molecule has 1 aliphatic rings. The maximum atomic E-state index is 12.3. The van der Waals surface area contributed by atoms with Gasteiger partial charge in [-0.15, -0.1) is 0 Å². The van der Waals surface area contributed by atoms with Gasteiger partial charge in [0.15, 0.2) is 0 Å². The largest absolute Gasteiger partial charge is 0.481 e. The molecule has 0 aromatic heterocycles. The number of benzene rings is 2. The molecule has 154 valence electrons. The molecule has 0 radical (unpaired) electrons. The number of amides is 2. The van der Waals surface area contributed by atoms with E-state index in [0.29, 0.717) is 12.8 Å². The molecule has 3 rings (SSSR count). The van der Waals surface area contributed by atoms with Crippen molar-refractivity contribution in [3.8, 4) is 0 Å². The zero-order valence-corrected chi connectivity index (χ0v) is 16.5. The molecule has 3 N–H and O–H groups in total. The summed E-state index contributed by atoms with van der Waals surface area (Å²) >= 11 is 0. The van der Waals surface area contributed by atoms with Crippen LogP contribution in [0.25, 0.3) is 10.8 Å². The Morgan fingerprint density at radius 3 is 2.41 bits per heavy atom. The first-order valence-electron chi connectivity index (χ1n) is 10.3. The molecular weight excluding hydrogens is 368 g/mol. The van der Waals surface area contributed by atoms with Gasteiger partial charge in [0.25, 0.3) is 0 Å². The van der Waals surface area contributed by atoms with E-state index in [0.717, 1.165) is 42.0 Å². The van der Waals surface area contributed by atoms with Gasteiger partial charge in [-0.1, -0.05) is 68.1 Å². The quantitative estimate of drug-likeness (QED) is 0.699. The number of aliphatic carboxylic acids is 1. The van der Waals surface area contributed by atoms with Gasteiger partial charge in [0.1, 0.15) is 0 Å². The second-order valence-corrected chi connectivity index (χ2v) is 7.70. The van der Waals surface area contributed by atoms with E-state index in [-0.39, 0.29) is 30.8 Å². The average molecular weight is 396 g/mol. The Labute approximate surface area is 170 Å². The highest BCUT2D eigenvalue weighted by atomic mass is 16.4. The number of nitrogens with one attached hydrogen (secondary N) is 2. The van der Waals surface area contributed by atoms with Crippen LogP contribution in [0.15, 0.2) is 42.5 Å². The summed E-state index contributed by atoms with van der Waals surface area (Å²) in [5.74, 6) is -2.00. The SMILES string of the molecule is O=C(Cc1cccc2ccccc12)NCC(=O)NC1CCCCCCC1C(=O)O. The molecular formula is C23H28N2O4. The van der Waals surface area contributed by atoms with Crippen LogP contribution in [0, 0.1) is 5.92 Å². The number of hydrogen-bond donors (Lipinski definition) is 3. The maximum absolute atomic E-state index is 12.3. The molecule has 2 aromatic carbocycles. The van der Waals surface area contributed by atoms with Crippen LogP contribution in [0.1, 0.15) is 44.1 Å². The van der Waals surface area contributed by atoms with Crippen LogP contribution in [0.4, 0.5) is 0 Å². The topological polar surface area (TPSA) is 95.5 Å². The van der Waals surface area contributed by atoms with Crippen LogP contribution in [0.5, 0.6) is 0 Å². The van der Waals surface area contributed by atoms with Gasteiger partial charge < -0.3 is 15.7 Å². The fourth-order valence-electron chi connectivity index (χ4n) is 4.07. The Morgan fingerprint density at radius 2 is 1.62 bits per heavy atom. The molecule has 29 heavy (non-hydrogen) atoms. The molecule has 0 heterocycles. The highest BCUT2D eigenvalue weighted by Crippen LogP contribution is 2.23. The average Bonchev–Trinajstić information content (AvgIpc) is 2.68. The van der Waals surface area contributed by atoms with Crippen LogP contribution in [0.3, 0.4) is 0 Å². The normalized spacial score (nSPS) is 19.7. The lowest BCUT2D eigenvalue weighted by Gasteiger charge is -2.27. The van der Waals surface area contributed by atoms with Crippen molar-refractivity contribution >= 4 is 28.6 Å². The van der Waals surface area contributed by atoms with Crippen LogP contribution >= 0.6 is 0 Å². The maximum Gasteiger partial charge on any atom is 0.308 e. The third-order valence-corrected chi connectivity index (χ3v) is 5.61. The van der Waals surface area contributed by atoms with E-state index in [9.17, 15) is 19.5 Å². The Hall–Kier alpha value is -2.89. The van der Waals surface area contributed by atoms with Crippen LogP contribution in [-0.2, 0) is 20.8 Å². The number of carboxylic acids is 1. The highest BCUT2D eigenvalue weighted by Gasteiger charge is 2.29. The highest BCUT2D eigenvalue weighted by molar-refractivity contribution is 5.91. The lowest BCUT2D eigenvalue weighted by molar-refractivity contribution is -0.143. The van der Waals surface area contributed by atoms with E-state index in [1.54, 1.807) is 0 Å². The zero-order valence-electron chi connectivity index (χ0n) is 16.5. The molecule has 6 heteroatoms. The molecule has 1 fully saturated rings. The summed E-state index contributed by atoms with van der Waals surface area (Å²) in [6, 6.07) is 13.3. The molecule has 2 atom stereocenters. The summed E-state index contributed by atoms with van der Waals surface area (Å²) in [5.41, 5.74) is 0.909. The fraction of sp³-hybridized carbons (Fsp3) is 0.435. The summed E-state index contributed by atoms with van der Waals surface area (Å²) in [7, 11) is 0. The molecule has 2 amide bonds. The number of carboxylic acid groups (broad SMARTS) is 1. The minimum absolute atomic E-state index is 0.146. The summed E-state index contributed by atoms with van der Waals surface area (Å²) in [6.45, 7) is -0.146. The van der Waals surface area contributed by atoms with Crippen molar-refractivity contribution in [1.29, 1.82) is 0 Å². The van der Waals surface area contributed by atoms with E-state index < -0.39 is 11.9 Å². The molecule has 0 bridgehead atoms. The summed E-state index contributed by atoms with van der Waals surface area (Å²) in [4.78, 5) is 36.2. The van der Waals surface area contributed by atoms with E-state index in [1.165, 1.54) is 0 Å². The van der Waals surface area contributed by atoms with Crippen molar-refractivity contribution in [1.82, 2.24) is 10.6 Å². The predicted octanol–water partition coefficient (Wildman–Crippen LogP) is 3.04. The van der Waals surface area contributed by atoms with Crippen molar-refractivity contribution in [2.24, 2.45) is 5.92 Å². The second kappa shape index (κ2) is 10.0. The van der Waals surface area contributed by atoms with Crippen molar-refractivity contribution < 1.29 is 19.5 Å². The van der Waals surface area contributed by atoms with E-state index in [4.69, 9.17) is 0 Å². The van der Waals surface area contributed by atoms with Crippen molar-refractivity contribution in [2.75, 3.05) is 6.54 Å². The van der Waals surface area contributed by atoms with Crippen LogP contribution < -0.4 is 10.6 Å². The number of carbonyl (C=O) groups excluding carboxylic acids is 2. The van der Waals surface area contributed by atoms with Gasteiger partial charge in [0, 0.05) is 6.04 Å². The van der Waals surface area contributed by atoms with Gasteiger partial charge in [-0.2, -0.15) is 0 Å². The molecule has 0 aliphatic heterocycles. The Morgan fingerprint density at radius 1 is 0.897 bits per heavy atom. The fourth-order valence-corrected chi connectivity index (χ4v) is 4.07. The lowest BCUT2D eigenvalue weighted by Crippen LogP contribution is -2.47. The van der Waals surface area contributed by atoms with Crippen LogP contribution in [0.2, 0.25) is 0 Å². The summed E-state index contributed by atoms with van der Waals surface area (Å²) < 4.78 is 0. The molecule has 6 nitrogen and oxygen atoms in total. The molecule has 0 spiro atoms.